The molecule has 2 heterocycles. The maximum atomic E-state index is 13.3. The summed E-state index contributed by atoms with van der Waals surface area (Å²) in [7, 11) is 0. The van der Waals surface area contributed by atoms with Gasteiger partial charge in [-0.1, -0.05) is 36.4 Å². The van der Waals surface area contributed by atoms with E-state index < -0.39 is 0 Å². The molecular weight excluding hydrogens is 295 g/mol. The molecule has 1 aliphatic rings. The van der Waals surface area contributed by atoms with Crippen LogP contribution in [0.15, 0.2) is 67.3 Å². The number of hydrogen-bond donors (Lipinski definition) is 0. The van der Waals surface area contributed by atoms with Crippen LogP contribution in [0.3, 0.4) is 0 Å². The molecule has 3 aromatic rings. The zero-order valence-electron chi connectivity index (χ0n) is 11.9. The Balaban J connectivity index is 1.87. The molecule has 0 aliphatic carbocycles. The van der Waals surface area contributed by atoms with Crippen LogP contribution in [0.5, 0.6) is 0 Å². The molecule has 0 saturated carbocycles. The fraction of sp³-hybridized carbons (Fsp3) is 0.167. The van der Waals surface area contributed by atoms with Gasteiger partial charge in [-0.25, -0.2) is 9.37 Å². The number of hydrogen-bond acceptors (Lipinski definition) is 2. The summed E-state index contributed by atoms with van der Waals surface area (Å²) in [5.74, 6) is 0.778. The van der Waals surface area contributed by atoms with E-state index in [-0.39, 0.29) is 10.6 Å². The lowest BCUT2D eigenvalue weighted by Gasteiger charge is -2.30. The molecule has 4 rings (SSSR count). The lowest BCUT2D eigenvalue weighted by molar-refractivity contribution is 0.581. The highest BCUT2D eigenvalue weighted by atomic mass is 32.2. The molecule has 0 saturated heterocycles. The number of fused-ring (bicyclic) bond motifs is 1. The van der Waals surface area contributed by atoms with Crippen LogP contribution >= 0.6 is 11.8 Å². The molecule has 0 spiro atoms. The summed E-state index contributed by atoms with van der Waals surface area (Å²) in [6.45, 7) is 0.792. The SMILES string of the molecule is Fc1ccc(C2(Cn3ccnc3)SCc3ccccc32)cc1. The number of benzene rings is 2. The van der Waals surface area contributed by atoms with Crippen molar-refractivity contribution in [2.24, 2.45) is 0 Å². The molecule has 4 heteroatoms. The predicted octanol–water partition coefficient (Wildman–Crippen LogP) is 4.21. The van der Waals surface area contributed by atoms with E-state index >= 15 is 0 Å². The van der Waals surface area contributed by atoms with Gasteiger partial charge >= 0.3 is 0 Å². The fourth-order valence-corrected chi connectivity index (χ4v) is 4.69. The van der Waals surface area contributed by atoms with Crippen LogP contribution in [0, 0.1) is 5.82 Å². The van der Waals surface area contributed by atoms with Crippen LogP contribution in [0.2, 0.25) is 0 Å². The molecule has 110 valence electrons. The van der Waals surface area contributed by atoms with Gasteiger partial charge in [0.2, 0.25) is 0 Å². The molecule has 1 atom stereocenters. The van der Waals surface area contributed by atoms with Crippen molar-refractivity contribution in [3.8, 4) is 0 Å². The molecule has 0 radical (unpaired) electrons. The number of nitrogens with zero attached hydrogens (tertiary/aromatic N) is 2. The zero-order chi connectivity index (χ0) is 15.0. The Kier molecular flexibility index (Phi) is 3.26. The van der Waals surface area contributed by atoms with Gasteiger partial charge in [0.05, 0.1) is 11.1 Å². The average Bonchev–Trinajstić information content (AvgIpc) is 3.18. The first kappa shape index (κ1) is 13.6. The molecule has 1 unspecified atom stereocenters. The van der Waals surface area contributed by atoms with Gasteiger partial charge in [-0.3, -0.25) is 0 Å². The Morgan fingerprint density at radius 1 is 1.14 bits per heavy atom. The van der Waals surface area contributed by atoms with Crippen molar-refractivity contribution in [1.82, 2.24) is 9.55 Å². The van der Waals surface area contributed by atoms with Crippen molar-refractivity contribution < 1.29 is 4.39 Å². The standard InChI is InChI=1S/C18H15FN2S/c19-16-7-5-15(6-8-16)18(12-21-10-9-20-13-21)17-4-2-1-3-14(17)11-22-18/h1-10,13H,11-12H2. The molecule has 0 fully saturated rings. The van der Waals surface area contributed by atoms with Crippen molar-refractivity contribution in [3.63, 3.8) is 0 Å². The van der Waals surface area contributed by atoms with E-state index in [4.69, 9.17) is 0 Å². The highest BCUT2D eigenvalue weighted by Gasteiger charge is 2.41. The highest BCUT2D eigenvalue weighted by molar-refractivity contribution is 8.00. The van der Waals surface area contributed by atoms with E-state index in [1.807, 2.05) is 36.4 Å². The first-order chi connectivity index (χ1) is 10.8. The fourth-order valence-electron chi connectivity index (χ4n) is 3.14. The van der Waals surface area contributed by atoms with Crippen LogP contribution in [0.4, 0.5) is 4.39 Å². The quantitative estimate of drug-likeness (QED) is 0.721. The molecule has 1 aromatic heterocycles. The molecule has 0 amide bonds. The Hall–Kier alpha value is -2.07. The minimum atomic E-state index is -0.196. The zero-order valence-corrected chi connectivity index (χ0v) is 12.8. The predicted molar refractivity (Wildman–Crippen MR) is 87.1 cm³/mol. The van der Waals surface area contributed by atoms with Crippen LogP contribution in [-0.4, -0.2) is 9.55 Å². The van der Waals surface area contributed by atoms with Crippen LogP contribution in [-0.2, 0) is 17.0 Å². The number of thioether (sulfide) groups is 1. The topological polar surface area (TPSA) is 17.8 Å². The van der Waals surface area contributed by atoms with Crippen molar-refractivity contribution in [1.29, 1.82) is 0 Å². The van der Waals surface area contributed by atoms with Gasteiger partial charge in [0.1, 0.15) is 5.82 Å². The van der Waals surface area contributed by atoms with Crippen LogP contribution in [0.25, 0.3) is 0 Å². The van der Waals surface area contributed by atoms with E-state index in [0.29, 0.717) is 0 Å². The van der Waals surface area contributed by atoms with Gasteiger partial charge in [-0.15, -0.1) is 11.8 Å². The Morgan fingerprint density at radius 2 is 1.95 bits per heavy atom. The molecule has 22 heavy (non-hydrogen) atoms. The van der Waals surface area contributed by atoms with Crippen molar-refractivity contribution in [2.75, 3.05) is 0 Å². The minimum Gasteiger partial charge on any atom is -0.335 e. The Labute approximate surface area is 133 Å². The lowest BCUT2D eigenvalue weighted by Crippen LogP contribution is -2.27. The van der Waals surface area contributed by atoms with Gasteiger partial charge in [-0.2, -0.15) is 0 Å². The summed E-state index contributed by atoms with van der Waals surface area (Å²) < 4.78 is 15.3. The number of aromatic nitrogens is 2. The van der Waals surface area contributed by atoms with Gasteiger partial charge < -0.3 is 4.57 Å². The maximum absolute atomic E-state index is 13.3. The molecule has 0 bridgehead atoms. The summed E-state index contributed by atoms with van der Waals surface area (Å²) in [5, 5.41) is 0. The van der Waals surface area contributed by atoms with Gasteiger partial charge in [0.15, 0.2) is 0 Å². The maximum Gasteiger partial charge on any atom is 0.123 e. The molecule has 0 N–H and O–H groups in total. The Morgan fingerprint density at radius 3 is 2.73 bits per heavy atom. The highest BCUT2D eigenvalue weighted by Crippen LogP contribution is 2.52. The van der Waals surface area contributed by atoms with Gasteiger partial charge in [-0.05, 0) is 28.8 Å². The summed E-state index contributed by atoms with van der Waals surface area (Å²) >= 11 is 1.90. The summed E-state index contributed by atoms with van der Waals surface area (Å²) in [5.41, 5.74) is 3.81. The van der Waals surface area contributed by atoms with Gasteiger partial charge in [0, 0.05) is 24.7 Å². The van der Waals surface area contributed by atoms with Crippen molar-refractivity contribution >= 4 is 11.8 Å². The average molecular weight is 310 g/mol. The van der Waals surface area contributed by atoms with Crippen molar-refractivity contribution in [3.05, 3.63) is 89.8 Å². The van der Waals surface area contributed by atoms with Gasteiger partial charge in [0.25, 0.3) is 0 Å². The number of rotatable bonds is 3. The monoisotopic (exact) mass is 310 g/mol. The third-order valence-electron chi connectivity index (χ3n) is 4.20. The molecule has 1 aliphatic heterocycles. The third-order valence-corrected chi connectivity index (χ3v) is 5.73. The largest absolute Gasteiger partial charge is 0.335 e. The van der Waals surface area contributed by atoms with Crippen molar-refractivity contribution in [2.45, 2.75) is 17.0 Å². The Bertz CT molecular complexity index is 783. The lowest BCUT2D eigenvalue weighted by atomic mass is 9.87. The summed E-state index contributed by atoms with van der Waals surface area (Å²) in [4.78, 5) is 4.15. The van der Waals surface area contributed by atoms with Crippen LogP contribution < -0.4 is 0 Å². The molecule has 2 aromatic carbocycles. The second-order valence-corrected chi connectivity index (χ2v) is 6.79. The molecular formula is C18H15FN2S. The third kappa shape index (κ3) is 2.15. The smallest absolute Gasteiger partial charge is 0.123 e. The van der Waals surface area contributed by atoms with E-state index in [0.717, 1.165) is 17.9 Å². The normalized spacial score (nSPS) is 20.0. The second-order valence-electron chi connectivity index (χ2n) is 5.51. The first-order valence-corrected chi connectivity index (χ1v) is 8.21. The number of imidazole rings is 1. The number of halogens is 1. The van der Waals surface area contributed by atoms with E-state index in [1.165, 1.54) is 11.1 Å². The summed E-state index contributed by atoms with van der Waals surface area (Å²) in [6.07, 6.45) is 5.61. The van der Waals surface area contributed by atoms with E-state index in [9.17, 15) is 4.39 Å². The molecule has 2 nitrogen and oxygen atoms in total. The summed E-state index contributed by atoms with van der Waals surface area (Å²) in [6, 6.07) is 15.4. The van der Waals surface area contributed by atoms with E-state index in [2.05, 4.69) is 33.8 Å². The van der Waals surface area contributed by atoms with E-state index in [1.54, 1.807) is 18.3 Å². The second kappa shape index (κ2) is 5.29. The minimum absolute atomic E-state index is 0.189. The van der Waals surface area contributed by atoms with Crippen LogP contribution in [0.1, 0.15) is 16.7 Å². The first-order valence-electron chi connectivity index (χ1n) is 7.22.